The Balaban J connectivity index is 1.60. The summed E-state index contributed by atoms with van der Waals surface area (Å²) in [6.07, 6.45) is 6.49. The Morgan fingerprint density at radius 2 is 1.78 bits per heavy atom. The van der Waals surface area contributed by atoms with Gasteiger partial charge in [-0.05, 0) is 67.0 Å². The fourth-order valence-electron chi connectivity index (χ4n) is 3.80. The lowest BCUT2D eigenvalue weighted by molar-refractivity contribution is -0.140. The zero-order chi connectivity index (χ0) is 19.2. The summed E-state index contributed by atoms with van der Waals surface area (Å²) < 4.78 is 19.3. The molecule has 2 aromatic carbocycles. The third-order valence-corrected chi connectivity index (χ3v) is 5.37. The molecular formula is C23H24FNO2. The van der Waals surface area contributed by atoms with E-state index in [0.717, 1.165) is 37.2 Å². The van der Waals surface area contributed by atoms with Gasteiger partial charge < -0.3 is 4.74 Å². The Bertz CT molecular complexity index is 830. The lowest BCUT2D eigenvalue weighted by Crippen LogP contribution is -2.25. The van der Waals surface area contributed by atoms with Crippen LogP contribution in [0.1, 0.15) is 51.0 Å². The number of nitriles is 1. The maximum absolute atomic E-state index is 13.8. The summed E-state index contributed by atoms with van der Waals surface area (Å²) in [5.41, 5.74) is 1.51. The van der Waals surface area contributed by atoms with Gasteiger partial charge in [0, 0.05) is 0 Å². The van der Waals surface area contributed by atoms with Crippen molar-refractivity contribution >= 4 is 5.97 Å². The molecule has 0 atom stereocenters. The molecule has 0 aromatic heterocycles. The molecule has 140 valence electrons. The number of esters is 1. The van der Waals surface area contributed by atoms with Gasteiger partial charge in [0.2, 0.25) is 0 Å². The second-order valence-corrected chi connectivity index (χ2v) is 7.26. The van der Waals surface area contributed by atoms with Crippen molar-refractivity contribution in [1.82, 2.24) is 0 Å². The van der Waals surface area contributed by atoms with Crippen LogP contribution in [-0.4, -0.2) is 5.97 Å². The Labute approximate surface area is 159 Å². The maximum Gasteiger partial charge on any atom is 0.314 e. The van der Waals surface area contributed by atoms with Gasteiger partial charge in [0.25, 0.3) is 0 Å². The predicted molar refractivity (Wildman–Crippen MR) is 103 cm³/mol. The molecule has 3 nitrogen and oxygen atoms in total. The average Bonchev–Trinajstić information content (AvgIpc) is 2.69. The molecule has 2 aromatic rings. The van der Waals surface area contributed by atoms with Crippen LogP contribution in [0.3, 0.4) is 0 Å². The molecule has 3 rings (SSSR count). The highest BCUT2D eigenvalue weighted by molar-refractivity contribution is 5.75. The summed E-state index contributed by atoms with van der Waals surface area (Å²) in [6.45, 7) is 2.20. The molecule has 0 radical (unpaired) electrons. The van der Waals surface area contributed by atoms with Gasteiger partial charge in [0.05, 0.1) is 11.5 Å². The highest BCUT2D eigenvalue weighted by atomic mass is 19.1. The van der Waals surface area contributed by atoms with E-state index in [2.05, 4.69) is 6.92 Å². The second-order valence-electron chi connectivity index (χ2n) is 7.26. The van der Waals surface area contributed by atoms with Crippen molar-refractivity contribution in [3.05, 3.63) is 53.8 Å². The summed E-state index contributed by atoms with van der Waals surface area (Å²) in [6, 6.07) is 13.4. The van der Waals surface area contributed by atoms with Crippen LogP contribution in [0, 0.1) is 29.0 Å². The van der Waals surface area contributed by atoms with Crippen LogP contribution in [0.15, 0.2) is 42.5 Å². The molecule has 1 saturated carbocycles. The minimum absolute atomic E-state index is 0.00888. The Morgan fingerprint density at radius 1 is 1.11 bits per heavy atom. The number of ether oxygens (including phenoxy) is 1. The number of benzene rings is 2. The minimum Gasteiger partial charge on any atom is -0.426 e. The molecule has 0 N–H and O–H groups in total. The first-order valence-corrected chi connectivity index (χ1v) is 9.62. The Morgan fingerprint density at radius 3 is 2.37 bits per heavy atom. The average molecular weight is 365 g/mol. The van der Waals surface area contributed by atoms with Crippen molar-refractivity contribution in [2.75, 3.05) is 0 Å². The van der Waals surface area contributed by atoms with Crippen molar-refractivity contribution in [2.24, 2.45) is 11.8 Å². The van der Waals surface area contributed by atoms with E-state index in [4.69, 9.17) is 10.00 Å². The Hall–Kier alpha value is -2.67. The van der Waals surface area contributed by atoms with E-state index >= 15 is 0 Å². The van der Waals surface area contributed by atoms with E-state index < -0.39 is 5.82 Å². The SMILES string of the molecule is CCCC1CCC(C(=O)Oc2ccc(-c3ccc(C#N)c(F)c3)cc2)CC1. The molecule has 0 saturated heterocycles. The van der Waals surface area contributed by atoms with Crippen molar-refractivity contribution in [3.8, 4) is 22.9 Å². The number of carbonyl (C=O) groups is 1. The van der Waals surface area contributed by atoms with Crippen LogP contribution in [-0.2, 0) is 4.79 Å². The molecule has 1 fully saturated rings. The van der Waals surface area contributed by atoms with E-state index in [1.807, 2.05) is 6.07 Å². The van der Waals surface area contributed by atoms with E-state index in [0.29, 0.717) is 11.3 Å². The van der Waals surface area contributed by atoms with Gasteiger partial charge in [-0.1, -0.05) is 38.0 Å². The molecule has 0 bridgehead atoms. The predicted octanol–water partition coefficient (Wildman–Crippen LogP) is 5.88. The van der Waals surface area contributed by atoms with Gasteiger partial charge in [-0.2, -0.15) is 5.26 Å². The summed E-state index contributed by atoms with van der Waals surface area (Å²) in [7, 11) is 0. The first-order valence-electron chi connectivity index (χ1n) is 9.62. The number of hydrogen-bond donors (Lipinski definition) is 0. The van der Waals surface area contributed by atoms with Crippen molar-refractivity contribution in [3.63, 3.8) is 0 Å². The zero-order valence-corrected chi connectivity index (χ0v) is 15.6. The molecule has 0 spiro atoms. The highest BCUT2D eigenvalue weighted by Gasteiger charge is 2.27. The van der Waals surface area contributed by atoms with Crippen LogP contribution in [0.4, 0.5) is 4.39 Å². The molecular weight excluding hydrogens is 341 g/mol. The lowest BCUT2D eigenvalue weighted by Gasteiger charge is -2.26. The molecule has 0 unspecified atom stereocenters. The number of carbonyl (C=O) groups excluding carboxylic acids is 1. The quantitative estimate of drug-likeness (QED) is 0.491. The topological polar surface area (TPSA) is 50.1 Å². The number of nitrogens with zero attached hydrogens (tertiary/aromatic N) is 1. The Kier molecular flexibility index (Phi) is 6.24. The molecule has 27 heavy (non-hydrogen) atoms. The highest BCUT2D eigenvalue weighted by Crippen LogP contribution is 2.32. The van der Waals surface area contributed by atoms with Gasteiger partial charge >= 0.3 is 5.97 Å². The van der Waals surface area contributed by atoms with Crippen molar-refractivity contribution in [2.45, 2.75) is 45.4 Å². The molecule has 0 amide bonds. The first kappa shape index (κ1) is 19.1. The van der Waals surface area contributed by atoms with Crippen LogP contribution < -0.4 is 4.74 Å². The van der Waals surface area contributed by atoms with Gasteiger partial charge in [0.1, 0.15) is 17.6 Å². The number of halogens is 1. The van der Waals surface area contributed by atoms with Gasteiger partial charge in [-0.25, -0.2) is 4.39 Å². The minimum atomic E-state index is -0.538. The van der Waals surface area contributed by atoms with Gasteiger partial charge in [-0.15, -0.1) is 0 Å². The van der Waals surface area contributed by atoms with E-state index in [1.54, 1.807) is 30.3 Å². The van der Waals surface area contributed by atoms with Crippen molar-refractivity contribution in [1.29, 1.82) is 5.26 Å². The smallest absolute Gasteiger partial charge is 0.314 e. The second kappa shape index (κ2) is 8.81. The molecule has 0 heterocycles. The number of hydrogen-bond acceptors (Lipinski definition) is 3. The summed E-state index contributed by atoms with van der Waals surface area (Å²) >= 11 is 0. The summed E-state index contributed by atoms with van der Waals surface area (Å²) in [5.74, 6) is 0.566. The van der Waals surface area contributed by atoms with Crippen molar-refractivity contribution < 1.29 is 13.9 Å². The van der Waals surface area contributed by atoms with Gasteiger partial charge in [0.15, 0.2) is 0 Å². The third kappa shape index (κ3) is 4.74. The molecule has 4 heteroatoms. The van der Waals surface area contributed by atoms with Crippen LogP contribution >= 0.6 is 0 Å². The standard InChI is InChI=1S/C23H24FNO2/c1-2-3-16-4-6-18(7-5-16)23(26)27-21-12-10-17(11-13-21)19-8-9-20(15-25)22(24)14-19/h8-14,16,18H,2-7H2,1H3. The van der Waals surface area contributed by atoms with E-state index in [1.165, 1.54) is 25.0 Å². The maximum atomic E-state index is 13.8. The monoisotopic (exact) mass is 365 g/mol. The van der Waals surface area contributed by atoms with E-state index in [9.17, 15) is 9.18 Å². The third-order valence-electron chi connectivity index (χ3n) is 5.37. The van der Waals surface area contributed by atoms with Gasteiger partial charge in [-0.3, -0.25) is 4.79 Å². The molecule has 1 aliphatic carbocycles. The largest absolute Gasteiger partial charge is 0.426 e. The lowest BCUT2D eigenvalue weighted by atomic mass is 9.80. The first-order chi connectivity index (χ1) is 13.1. The fourth-order valence-corrected chi connectivity index (χ4v) is 3.80. The molecule has 0 aliphatic heterocycles. The zero-order valence-electron chi connectivity index (χ0n) is 15.6. The van der Waals surface area contributed by atoms with Crippen LogP contribution in [0.25, 0.3) is 11.1 Å². The normalized spacial score (nSPS) is 19.3. The fraction of sp³-hybridized carbons (Fsp3) is 0.391. The van der Waals surface area contributed by atoms with Crippen LogP contribution in [0.5, 0.6) is 5.75 Å². The summed E-state index contributed by atoms with van der Waals surface area (Å²) in [5, 5.41) is 8.81. The summed E-state index contributed by atoms with van der Waals surface area (Å²) in [4.78, 5) is 12.4. The molecule has 1 aliphatic rings. The van der Waals surface area contributed by atoms with Crippen LogP contribution in [0.2, 0.25) is 0 Å². The number of rotatable bonds is 5. The van der Waals surface area contributed by atoms with E-state index in [-0.39, 0.29) is 17.5 Å².